The highest BCUT2D eigenvalue weighted by atomic mass is 16.5. The van der Waals surface area contributed by atoms with Gasteiger partial charge < -0.3 is 19.4 Å². The van der Waals surface area contributed by atoms with E-state index in [0.29, 0.717) is 16.5 Å². The summed E-state index contributed by atoms with van der Waals surface area (Å²) in [5.41, 5.74) is 0.885. The molecule has 0 fully saturated rings. The van der Waals surface area contributed by atoms with E-state index in [-0.39, 0.29) is 25.0 Å². The molecule has 2 aromatic rings. The van der Waals surface area contributed by atoms with Crippen LogP contribution in [0.25, 0.3) is 11.0 Å². The fraction of sp³-hybridized carbons (Fsp3) is 0.312. The van der Waals surface area contributed by atoms with Gasteiger partial charge in [0.05, 0.1) is 19.4 Å². The highest BCUT2D eigenvalue weighted by Crippen LogP contribution is 2.28. The molecule has 0 aliphatic rings. The molecule has 0 radical (unpaired) electrons. The first-order valence-electron chi connectivity index (χ1n) is 6.90. The smallest absolute Gasteiger partial charge is 0.336 e. The van der Waals surface area contributed by atoms with Gasteiger partial charge in [0.15, 0.2) is 0 Å². The normalized spacial score (nSPS) is 11.0. The van der Waals surface area contributed by atoms with E-state index in [1.807, 2.05) is 0 Å². The Morgan fingerprint density at radius 2 is 1.83 bits per heavy atom. The second kappa shape index (κ2) is 7.06. The third kappa shape index (κ3) is 4.17. The molecular weight excluding hydrogens is 304 g/mol. The minimum absolute atomic E-state index is 0.231. The number of rotatable bonds is 7. The largest absolute Gasteiger partial charge is 0.481 e. The van der Waals surface area contributed by atoms with Crippen molar-refractivity contribution in [2.75, 3.05) is 7.11 Å². The van der Waals surface area contributed by atoms with Gasteiger partial charge in [0, 0.05) is 24.5 Å². The predicted molar refractivity (Wildman–Crippen MR) is 80.4 cm³/mol. The summed E-state index contributed by atoms with van der Waals surface area (Å²) < 4.78 is 10.2. The van der Waals surface area contributed by atoms with Gasteiger partial charge in [-0.15, -0.1) is 0 Å². The number of carbonyl (C=O) groups is 2. The molecule has 0 amide bonds. The number of hydrogen-bond acceptors (Lipinski definition) is 5. The standard InChI is InChI=1S/C16H16O7/c1-22-8-11-7-16(21)23-13-4-9(2-3-12(11)13)10(5-14(17)18)6-15(19)20/h2-4,7,10H,5-6,8H2,1H3,(H,17,18)(H,19,20). The van der Waals surface area contributed by atoms with E-state index in [9.17, 15) is 14.4 Å². The molecule has 1 aromatic carbocycles. The van der Waals surface area contributed by atoms with Crippen molar-refractivity contribution in [3.05, 3.63) is 45.8 Å². The summed E-state index contributed by atoms with van der Waals surface area (Å²) in [6.07, 6.45) is -0.639. The molecule has 0 saturated heterocycles. The van der Waals surface area contributed by atoms with Gasteiger partial charge in [-0.05, 0) is 17.2 Å². The summed E-state index contributed by atoms with van der Waals surface area (Å²) in [4.78, 5) is 33.5. The van der Waals surface area contributed by atoms with Crippen LogP contribution in [0, 0.1) is 0 Å². The average Bonchev–Trinajstić information content (AvgIpc) is 2.45. The van der Waals surface area contributed by atoms with Crippen LogP contribution >= 0.6 is 0 Å². The average molecular weight is 320 g/mol. The molecule has 7 heteroatoms. The Balaban J connectivity index is 2.50. The van der Waals surface area contributed by atoms with Crippen LogP contribution < -0.4 is 5.63 Å². The first kappa shape index (κ1) is 16.7. The fourth-order valence-corrected chi connectivity index (χ4v) is 2.50. The van der Waals surface area contributed by atoms with Gasteiger partial charge in [0.25, 0.3) is 0 Å². The molecule has 0 saturated carbocycles. The minimum Gasteiger partial charge on any atom is -0.481 e. The Morgan fingerprint density at radius 1 is 1.17 bits per heavy atom. The van der Waals surface area contributed by atoms with E-state index in [2.05, 4.69) is 0 Å². The maximum atomic E-state index is 11.6. The fourth-order valence-electron chi connectivity index (χ4n) is 2.50. The molecule has 0 spiro atoms. The Bertz CT molecular complexity index is 775. The van der Waals surface area contributed by atoms with Crippen LogP contribution in [0.5, 0.6) is 0 Å². The van der Waals surface area contributed by atoms with Gasteiger partial charge in [-0.2, -0.15) is 0 Å². The lowest BCUT2D eigenvalue weighted by molar-refractivity contribution is -0.139. The number of carboxylic acid groups (broad SMARTS) is 2. The van der Waals surface area contributed by atoms with E-state index < -0.39 is 23.5 Å². The van der Waals surface area contributed by atoms with Crippen molar-refractivity contribution in [2.45, 2.75) is 25.4 Å². The summed E-state index contributed by atoms with van der Waals surface area (Å²) in [6.45, 7) is 0.231. The van der Waals surface area contributed by atoms with Crippen molar-refractivity contribution in [2.24, 2.45) is 0 Å². The molecule has 0 bridgehead atoms. The summed E-state index contributed by atoms with van der Waals surface area (Å²) >= 11 is 0. The highest BCUT2D eigenvalue weighted by Gasteiger charge is 2.20. The number of methoxy groups -OCH3 is 1. The topological polar surface area (TPSA) is 114 Å². The number of fused-ring (bicyclic) bond motifs is 1. The third-order valence-corrected chi connectivity index (χ3v) is 3.47. The Hall–Kier alpha value is -2.67. The molecule has 23 heavy (non-hydrogen) atoms. The highest BCUT2D eigenvalue weighted by molar-refractivity contribution is 5.81. The van der Waals surface area contributed by atoms with Crippen LogP contribution in [0.4, 0.5) is 0 Å². The van der Waals surface area contributed by atoms with E-state index >= 15 is 0 Å². The summed E-state index contributed by atoms with van der Waals surface area (Å²) in [5.74, 6) is -2.89. The molecule has 0 aliphatic carbocycles. The van der Waals surface area contributed by atoms with E-state index in [4.69, 9.17) is 19.4 Å². The maximum absolute atomic E-state index is 11.6. The van der Waals surface area contributed by atoms with Gasteiger partial charge in [-0.25, -0.2) is 4.79 Å². The quantitative estimate of drug-likeness (QED) is 0.749. The number of hydrogen-bond donors (Lipinski definition) is 2. The summed E-state index contributed by atoms with van der Waals surface area (Å²) in [6, 6.07) is 6.18. The van der Waals surface area contributed by atoms with E-state index in [1.54, 1.807) is 12.1 Å². The van der Waals surface area contributed by atoms with Crippen molar-refractivity contribution in [1.82, 2.24) is 0 Å². The Kier molecular flexibility index (Phi) is 5.13. The molecule has 7 nitrogen and oxygen atoms in total. The first-order chi connectivity index (χ1) is 10.9. The molecule has 1 aromatic heterocycles. The molecule has 122 valence electrons. The lowest BCUT2D eigenvalue weighted by atomic mass is 9.91. The van der Waals surface area contributed by atoms with Crippen molar-refractivity contribution >= 4 is 22.9 Å². The van der Waals surface area contributed by atoms with Crippen molar-refractivity contribution in [1.29, 1.82) is 0 Å². The van der Waals surface area contributed by atoms with Crippen molar-refractivity contribution in [3.8, 4) is 0 Å². The molecular formula is C16H16O7. The van der Waals surface area contributed by atoms with Gasteiger partial charge >= 0.3 is 17.6 Å². The maximum Gasteiger partial charge on any atom is 0.336 e. The van der Waals surface area contributed by atoms with Gasteiger partial charge in [-0.3, -0.25) is 9.59 Å². The lowest BCUT2D eigenvalue weighted by Crippen LogP contribution is -2.11. The van der Waals surface area contributed by atoms with Gasteiger partial charge in [-0.1, -0.05) is 12.1 Å². The minimum atomic E-state index is -1.09. The number of aliphatic carboxylic acids is 2. The lowest BCUT2D eigenvalue weighted by Gasteiger charge is -2.14. The van der Waals surface area contributed by atoms with Gasteiger partial charge in [0.2, 0.25) is 0 Å². The Labute approximate surface area is 131 Å². The SMILES string of the molecule is COCc1cc(=O)oc2cc(C(CC(=O)O)CC(=O)O)ccc12. The van der Waals surface area contributed by atoms with E-state index in [1.165, 1.54) is 19.2 Å². The second-order valence-electron chi connectivity index (χ2n) is 5.17. The zero-order chi connectivity index (χ0) is 17.0. The summed E-state index contributed by atoms with van der Waals surface area (Å²) in [7, 11) is 1.50. The van der Waals surface area contributed by atoms with Crippen LogP contribution in [-0.2, 0) is 20.9 Å². The zero-order valence-electron chi connectivity index (χ0n) is 12.4. The van der Waals surface area contributed by atoms with Crippen LogP contribution in [0.15, 0.2) is 33.5 Å². The molecule has 0 unspecified atom stereocenters. The molecule has 2 rings (SSSR count). The first-order valence-corrected chi connectivity index (χ1v) is 6.90. The third-order valence-electron chi connectivity index (χ3n) is 3.47. The van der Waals surface area contributed by atoms with Crippen molar-refractivity contribution in [3.63, 3.8) is 0 Å². The van der Waals surface area contributed by atoms with Gasteiger partial charge in [0.1, 0.15) is 5.58 Å². The monoisotopic (exact) mass is 320 g/mol. The van der Waals surface area contributed by atoms with Crippen LogP contribution in [0.3, 0.4) is 0 Å². The second-order valence-corrected chi connectivity index (χ2v) is 5.17. The van der Waals surface area contributed by atoms with Crippen LogP contribution in [0.2, 0.25) is 0 Å². The number of benzene rings is 1. The van der Waals surface area contributed by atoms with Crippen LogP contribution in [0.1, 0.15) is 29.9 Å². The molecule has 2 N–H and O–H groups in total. The number of carboxylic acids is 2. The number of ether oxygens (including phenoxy) is 1. The molecule has 0 atom stereocenters. The molecule has 0 aliphatic heterocycles. The van der Waals surface area contributed by atoms with Crippen LogP contribution in [-0.4, -0.2) is 29.3 Å². The summed E-state index contributed by atoms with van der Waals surface area (Å²) in [5, 5.41) is 18.6. The van der Waals surface area contributed by atoms with Crippen molar-refractivity contribution < 1.29 is 29.0 Å². The molecule has 1 heterocycles. The predicted octanol–water partition coefficient (Wildman–Crippen LogP) is 1.97. The van der Waals surface area contributed by atoms with E-state index in [0.717, 1.165) is 0 Å². The Morgan fingerprint density at radius 3 is 2.39 bits per heavy atom. The zero-order valence-corrected chi connectivity index (χ0v) is 12.4.